The highest BCUT2D eigenvalue weighted by atomic mass is 16.2. The standard InChI is InChI=1S/C28H33N3O2/c1-19(2)26-14-24(15-27(32)30-17-22-11-9-21(16-29)10-12-22)20(3)13-25(26)18-31-28(33)23-7-5-4-6-8-23/h4-13,19,24-26H,14-15,17-18H2,1-3H3,(H,30,32)(H,31,33)/t24-,25-,26-/m0/s1. The first kappa shape index (κ1) is 24.3. The Labute approximate surface area is 196 Å². The summed E-state index contributed by atoms with van der Waals surface area (Å²) in [6.07, 6.45) is 3.67. The van der Waals surface area contributed by atoms with Crippen molar-refractivity contribution in [3.05, 3.63) is 82.9 Å². The van der Waals surface area contributed by atoms with Crippen molar-refractivity contribution in [2.45, 2.75) is 40.2 Å². The zero-order chi connectivity index (χ0) is 23.8. The molecule has 0 spiro atoms. The second-order valence-corrected chi connectivity index (χ2v) is 9.28. The van der Waals surface area contributed by atoms with E-state index in [4.69, 9.17) is 5.26 Å². The van der Waals surface area contributed by atoms with Crippen molar-refractivity contribution in [2.75, 3.05) is 6.54 Å². The summed E-state index contributed by atoms with van der Waals surface area (Å²) >= 11 is 0. The van der Waals surface area contributed by atoms with Crippen LogP contribution in [0.25, 0.3) is 0 Å². The molecule has 2 amide bonds. The number of nitrogens with one attached hydrogen (secondary N) is 2. The van der Waals surface area contributed by atoms with Crippen molar-refractivity contribution in [3.8, 4) is 6.07 Å². The summed E-state index contributed by atoms with van der Waals surface area (Å²) in [6.45, 7) is 7.59. The fourth-order valence-corrected chi connectivity index (χ4v) is 4.60. The number of benzene rings is 2. The first-order chi connectivity index (χ1) is 15.9. The summed E-state index contributed by atoms with van der Waals surface area (Å²) < 4.78 is 0. The van der Waals surface area contributed by atoms with Crippen LogP contribution in [0.15, 0.2) is 66.2 Å². The topological polar surface area (TPSA) is 82.0 Å². The van der Waals surface area contributed by atoms with Crippen molar-refractivity contribution >= 4 is 11.8 Å². The molecule has 5 heteroatoms. The maximum Gasteiger partial charge on any atom is 0.251 e. The van der Waals surface area contributed by atoms with E-state index in [1.807, 2.05) is 42.5 Å². The Morgan fingerprint density at radius 1 is 1.06 bits per heavy atom. The van der Waals surface area contributed by atoms with Gasteiger partial charge in [0.05, 0.1) is 11.6 Å². The van der Waals surface area contributed by atoms with Crippen molar-refractivity contribution in [3.63, 3.8) is 0 Å². The number of nitrogens with zero attached hydrogens (tertiary/aromatic N) is 1. The number of carbonyl (C=O) groups excluding carboxylic acids is 2. The summed E-state index contributed by atoms with van der Waals surface area (Å²) in [7, 11) is 0. The Bertz CT molecular complexity index is 1020. The largest absolute Gasteiger partial charge is 0.352 e. The van der Waals surface area contributed by atoms with Gasteiger partial charge in [0, 0.05) is 25.1 Å². The van der Waals surface area contributed by atoms with Crippen LogP contribution in [-0.2, 0) is 11.3 Å². The minimum absolute atomic E-state index is 0.0375. The lowest BCUT2D eigenvalue weighted by atomic mass is 9.69. The highest BCUT2D eigenvalue weighted by molar-refractivity contribution is 5.94. The molecule has 0 aromatic heterocycles. The fourth-order valence-electron chi connectivity index (χ4n) is 4.60. The van der Waals surface area contributed by atoms with Crippen molar-refractivity contribution in [2.24, 2.45) is 23.7 Å². The minimum Gasteiger partial charge on any atom is -0.352 e. The lowest BCUT2D eigenvalue weighted by Gasteiger charge is -2.37. The second-order valence-electron chi connectivity index (χ2n) is 9.28. The molecular formula is C28H33N3O2. The molecule has 2 aromatic carbocycles. The van der Waals surface area contributed by atoms with Crippen LogP contribution in [0.5, 0.6) is 0 Å². The van der Waals surface area contributed by atoms with Crippen LogP contribution in [0.4, 0.5) is 0 Å². The predicted molar refractivity (Wildman–Crippen MR) is 130 cm³/mol. The van der Waals surface area contributed by atoms with Crippen molar-refractivity contribution in [1.82, 2.24) is 10.6 Å². The number of rotatable bonds is 8. The summed E-state index contributed by atoms with van der Waals surface area (Å²) in [5.41, 5.74) is 3.49. The highest BCUT2D eigenvalue weighted by Gasteiger charge is 2.32. The minimum atomic E-state index is -0.0477. The van der Waals surface area contributed by atoms with E-state index in [9.17, 15) is 9.59 Å². The number of nitriles is 1. The third kappa shape index (κ3) is 6.79. The maximum atomic E-state index is 12.6. The average Bonchev–Trinajstić information content (AvgIpc) is 2.83. The van der Waals surface area contributed by atoms with E-state index >= 15 is 0 Å². The molecular weight excluding hydrogens is 410 g/mol. The van der Waals surface area contributed by atoms with E-state index in [0.717, 1.165) is 12.0 Å². The van der Waals surface area contributed by atoms with Gasteiger partial charge in [-0.2, -0.15) is 5.26 Å². The quantitative estimate of drug-likeness (QED) is 0.572. The van der Waals surface area contributed by atoms with E-state index in [2.05, 4.69) is 43.6 Å². The number of amides is 2. The number of hydrogen-bond donors (Lipinski definition) is 2. The summed E-state index contributed by atoms with van der Waals surface area (Å²) in [5, 5.41) is 15.0. The van der Waals surface area contributed by atoms with Crippen LogP contribution in [0, 0.1) is 35.0 Å². The first-order valence-electron chi connectivity index (χ1n) is 11.6. The smallest absolute Gasteiger partial charge is 0.251 e. The monoisotopic (exact) mass is 443 g/mol. The number of allylic oxidation sites excluding steroid dienone is 1. The molecule has 0 unspecified atom stereocenters. The molecule has 0 bridgehead atoms. The second kappa shape index (κ2) is 11.5. The summed E-state index contributed by atoms with van der Waals surface area (Å²) in [6, 6.07) is 18.7. The Morgan fingerprint density at radius 2 is 1.76 bits per heavy atom. The van der Waals surface area contributed by atoms with Gasteiger partial charge in [-0.05, 0) is 66.8 Å². The van der Waals surface area contributed by atoms with Crippen LogP contribution in [0.3, 0.4) is 0 Å². The molecule has 3 atom stereocenters. The Balaban J connectivity index is 1.57. The molecule has 0 aliphatic heterocycles. The highest BCUT2D eigenvalue weighted by Crippen LogP contribution is 2.38. The Kier molecular flexibility index (Phi) is 8.43. The van der Waals surface area contributed by atoms with Gasteiger partial charge in [-0.3, -0.25) is 9.59 Å². The van der Waals surface area contributed by atoms with Crippen LogP contribution >= 0.6 is 0 Å². The zero-order valence-electron chi connectivity index (χ0n) is 19.7. The number of carbonyl (C=O) groups is 2. The van der Waals surface area contributed by atoms with Crippen LogP contribution in [0.1, 0.15) is 55.1 Å². The summed E-state index contributed by atoms with van der Waals surface area (Å²) in [4.78, 5) is 25.1. The Hall–Kier alpha value is -3.39. The van der Waals surface area contributed by atoms with Crippen molar-refractivity contribution < 1.29 is 9.59 Å². The molecule has 0 radical (unpaired) electrons. The molecule has 0 saturated carbocycles. The third-order valence-electron chi connectivity index (χ3n) is 6.62. The fraction of sp³-hybridized carbons (Fsp3) is 0.393. The van der Waals surface area contributed by atoms with Gasteiger partial charge < -0.3 is 10.6 Å². The van der Waals surface area contributed by atoms with Crippen LogP contribution < -0.4 is 10.6 Å². The van der Waals surface area contributed by atoms with E-state index in [0.29, 0.717) is 42.5 Å². The van der Waals surface area contributed by atoms with Gasteiger partial charge in [0.25, 0.3) is 5.91 Å². The third-order valence-corrected chi connectivity index (χ3v) is 6.62. The van der Waals surface area contributed by atoms with Gasteiger partial charge in [0.15, 0.2) is 0 Å². The molecule has 1 aliphatic carbocycles. The van der Waals surface area contributed by atoms with Gasteiger partial charge >= 0.3 is 0 Å². The molecule has 2 N–H and O–H groups in total. The van der Waals surface area contributed by atoms with E-state index in [1.54, 1.807) is 12.1 Å². The van der Waals surface area contributed by atoms with E-state index in [1.165, 1.54) is 5.57 Å². The van der Waals surface area contributed by atoms with Crippen LogP contribution in [0.2, 0.25) is 0 Å². The van der Waals surface area contributed by atoms with Gasteiger partial charge in [-0.15, -0.1) is 0 Å². The SMILES string of the molecule is CC1=C[C@@H](CNC(=O)c2ccccc2)[C@H](C(C)C)C[C@H]1CC(=O)NCc1ccc(C#N)cc1. The molecule has 0 heterocycles. The zero-order valence-corrected chi connectivity index (χ0v) is 19.7. The molecule has 5 nitrogen and oxygen atoms in total. The van der Waals surface area contributed by atoms with Crippen molar-refractivity contribution in [1.29, 1.82) is 5.26 Å². The van der Waals surface area contributed by atoms with Gasteiger partial charge in [0.2, 0.25) is 5.91 Å². The molecule has 0 saturated heterocycles. The first-order valence-corrected chi connectivity index (χ1v) is 11.6. The number of hydrogen-bond acceptors (Lipinski definition) is 3. The average molecular weight is 444 g/mol. The lowest BCUT2D eigenvalue weighted by molar-refractivity contribution is -0.122. The van der Waals surface area contributed by atoms with Crippen LogP contribution in [-0.4, -0.2) is 18.4 Å². The van der Waals surface area contributed by atoms with E-state index < -0.39 is 0 Å². The molecule has 3 rings (SSSR count). The van der Waals surface area contributed by atoms with Gasteiger partial charge in [0.1, 0.15) is 0 Å². The molecule has 1 aliphatic rings. The van der Waals surface area contributed by atoms with Gasteiger partial charge in [-0.1, -0.05) is 55.8 Å². The maximum absolute atomic E-state index is 12.6. The molecule has 33 heavy (non-hydrogen) atoms. The molecule has 2 aromatic rings. The Morgan fingerprint density at radius 3 is 2.39 bits per heavy atom. The molecule has 0 fully saturated rings. The predicted octanol–water partition coefficient (Wildman–Crippen LogP) is 4.85. The molecule has 172 valence electrons. The normalized spacial score (nSPS) is 20.0. The lowest BCUT2D eigenvalue weighted by Crippen LogP contribution is -2.37. The van der Waals surface area contributed by atoms with E-state index in [-0.39, 0.29) is 23.7 Å². The van der Waals surface area contributed by atoms with Gasteiger partial charge in [-0.25, -0.2) is 0 Å². The summed E-state index contributed by atoms with van der Waals surface area (Å²) in [5.74, 6) is 1.32.